The van der Waals surface area contributed by atoms with Crippen LogP contribution in [0.3, 0.4) is 0 Å². The van der Waals surface area contributed by atoms with Crippen LogP contribution in [0, 0.1) is 5.92 Å². The molecule has 0 bridgehead atoms. The molecule has 64 valence electrons. The number of nitrogens with zero attached hydrogens (tertiary/aromatic N) is 1. The quantitative estimate of drug-likeness (QED) is 0.591. The Balaban J connectivity index is 2.31. The summed E-state index contributed by atoms with van der Waals surface area (Å²) >= 11 is 0. The summed E-state index contributed by atoms with van der Waals surface area (Å²) in [5, 5.41) is 0. The predicted molar refractivity (Wildman–Crippen MR) is 50.2 cm³/mol. The highest BCUT2D eigenvalue weighted by atomic mass is 14.7. The summed E-state index contributed by atoms with van der Waals surface area (Å²) < 4.78 is 0. The molecule has 0 aromatic carbocycles. The molecule has 0 N–H and O–H groups in total. The highest BCUT2D eigenvalue weighted by molar-refractivity contribution is 5.84. The zero-order valence-corrected chi connectivity index (χ0v) is 7.77. The van der Waals surface area contributed by atoms with Crippen molar-refractivity contribution < 1.29 is 0 Å². The van der Waals surface area contributed by atoms with Gasteiger partial charge in [0.25, 0.3) is 0 Å². The van der Waals surface area contributed by atoms with Gasteiger partial charge in [-0.3, -0.25) is 4.99 Å². The van der Waals surface area contributed by atoms with Crippen molar-refractivity contribution in [2.45, 2.75) is 46.0 Å². The molecule has 1 aliphatic heterocycles. The Bertz CT molecular complexity index is 138. The second-order valence-electron chi connectivity index (χ2n) is 3.50. The summed E-state index contributed by atoms with van der Waals surface area (Å²) in [6.07, 6.45) is 6.76. The lowest BCUT2D eigenvalue weighted by molar-refractivity contribution is 0.508. The van der Waals surface area contributed by atoms with Crippen molar-refractivity contribution in [1.29, 1.82) is 0 Å². The van der Waals surface area contributed by atoms with Crippen LogP contribution >= 0.6 is 0 Å². The minimum absolute atomic E-state index is 0.823. The van der Waals surface area contributed by atoms with Gasteiger partial charge in [-0.1, -0.05) is 19.8 Å². The minimum Gasteiger partial charge on any atom is -0.294 e. The molecule has 11 heavy (non-hydrogen) atoms. The van der Waals surface area contributed by atoms with Crippen molar-refractivity contribution in [3.05, 3.63) is 0 Å². The second-order valence-corrected chi connectivity index (χ2v) is 3.50. The zero-order valence-electron chi connectivity index (χ0n) is 7.77. The van der Waals surface area contributed by atoms with Gasteiger partial charge in [0, 0.05) is 12.3 Å². The first-order valence-electron chi connectivity index (χ1n) is 4.85. The number of rotatable bonds is 3. The maximum absolute atomic E-state index is 4.48. The first kappa shape index (κ1) is 8.76. The van der Waals surface area contributed by atoms with E-state index in [0.717, 1.165) is 12.5 Å². The van der Waals surface area contributed by atoms with Crippen LogP contribution in [0.1, 0.15) is 46.0 Å². The van der Waals surface area contributed by atoms with Crippen LogP contribution in [0.5, 0.6) is 0 Å². The fourth-order valence-electron chi connectivity index (χ4n) is 1.73. The Kier molecular flexibility index (Phi) is 3.61. The van der Waals surface area contributed by atoms with E-state index in [4.69, 9.17) is 0 Å². The topological polar surface area (TPSA) is 12.4 Å². The van der Waals surface area contributed by atoms with Crippen LogP contribution in [0.15, 0.2) is 4.99 Å². The Labute approximate surface area is 69.9 Å². The first-order chi connectivity index (χ1) is 5.34. The van der Waals surface area contributed by atoms with Crippen LogP contribution < -0.4 is 0 Å². The molecule has 1 heterocycles. The number of hydrogen-bond donors (Lipinski definition) is 0. The lowest BCUT2D eigenvalue weighted by Gasteiger charge is -2.20. The Morgan fingerprint density at radius 2 is 2.36 bits per heavy atom. The van der Waals surface area contributed by atoms with Crippen molar-refractivity contribution in [1.82, 2.24) is 0 Å². The summed E-state index contributed by atoms with van der Waals surface area (Å²) in [4.78, 5) is 4.48. The van der Waals surface area contributed by atoms with Gasteiger partial charge in [-0.05, 0) is 32.1 Å². The maximum atomic E-state index is 4.48. The van der Waals surface area contributed by atoms with Crippen molar-refractivity contribution in [2.75, 3.05) is 6.54 Å². The number of unbranched alkanes of at least 4 members (excludes halogenated alkanes) is 1. The summed E-state index contributed by atoms with van der Waals surface area (Å²) in [5.74, 6) is 0.823. The SMILES string of the molecule is CCCCC1CCCN=C1C. The van der Waals surface area contributed by atoms with Gasteiger partial charge < -0.3 is 0 Å². The molecule has 0 fully saturated rings. The molecule has 0 spiro atoms. The fourth-order valence-corrected chi connectivity index (χ4v) is 1.73. The van der Waals surface area contributed by atoms with Crippen molar-refractivity contribution >= 4 is 5.71 Å². The van der Waals surface area contributed by atoms with Crippen molar-refractivity contribution in [3.63, 3.8) is 0 Å². The third kappa shape index (κ3) is 2.64. The normalized spacial score (nSPS) is 24.9. The van der Waals surface area contributed by atoms with Crippen LogP contribution in [0.4, 0.5) is 0 Å². The highest BCUT2D eigenvalue weighted by Gasteiger charge is 2.14. The van der Waals surface area contributed by atoms with E-state index in [1.807, 2.05) is 0 Å². The molecule has 1 aliphatic rings. The van der Waals surface area contributed by atoms with Crippen LogP contribution in [0.2, 0.25) is 0 Å². The molecular formula is C10H19N. The van der Waals surface area contributed by atoms with E-state index in [-0.39, 0.29) is 0 Å². The standard InChI is InChI=1S/C10H19N/c1-3-4-6-10-7-5-8-11-9(10)2/h10H,3-8H2,1-2H3. The lowest BCUT2D eigenvalue weighted by atomic mass is 9.91. The predicted octanol–water partition coefficient (Wildman–Crippen LogP) is 3.05. The van der Waals surface area contributed by atoms with Crippen LogP contribution in [-0.4, -0.2) is 12.3 Å². The van der Waals surface area contributed by atoms with Gasteiger partial charge in [-0.2, -0.15) is 0 Å². The lowest BCUT2D eigenvalue weighted by Crippen LogP contribution is -2.16. The molecule has 0 saturated carbocycles. The van der Waals surface area contributed by atoms with E-state index in [1.54, 1.807) is 0 Å². The third-order valence-corrected chi connectivity index (χ3v) is 2.57. The van der Waals surface area contributed by atoms with Gasteiger partial charge in [0.05, 0.1) is 0 Å². The molecule has 0 radical (unpaired) electrons. The molecule has 1 atom stereocenters. The summed E-state index contributed by atoms with van der Waals surface area (Å²) in [6.45, 7) is 5.53. The molecule has 0 amide bonds. The molecule has 0 saturated heterocycles. The van der Waals surface area contributed by atoms with Gasteiger partial charge in [0.2, 0.25) is 0 Å². The second kappa shape index (κ2) is 4.53. The average Bonchev–Trinajstić information content (AvgIpc) is 2.03. The van der Waals surface area contributed by atoms with Crippen molar-refractivity contribution in [3.8, 4) is 0 Å². The third-order valence-electron chi connectivity index (χ3n) is 2.57. The largest absolute Gasteiger partial charge is 0.294 e. The fraction of sp³-hybridized carbons (Fsp3) is 0.900. The van der Waals surface area contributed by atoms with Crippen LogP contribution in [0.25, 0.3) is 0 Å². The van der Waals surface area contributed by atoms with Gasteiger partial charge in [-0.25, -0.2) is 0 Å². The summed E-state index contributed by atoms with van der Waals surface area (Å²) in [7, 11) is 0. The van der Waals surface area contributed by atoms with E-state index in [1.165, 1.54) is 37.8 Å². The molecule has 1 rings (SSSR count). The summed E-state index contributed by atoms with van der Waals surface area (Å²) in [5.41, 5.74) is 1.41. The van der Waals surface area contributed by atoms with Gasteiger partial charge in [-0.15, -0.1) is 0 Å². The Morgan fingerprint density at radius 1 is 1.55 bits per heavy atom. The molecule has 1 unspecified atom stereocenters. The molecular weight excluding hydrogens is 134 g/mol. The van der Waals surface area contributed by atoms with E-state index in [0.29, 0.717) is 0 Å². The molecule has 1 nitrogen and oxygen atoms in total. The summed E-state index contributed by atoms with van der Waals surface area (Å²) in [6, 6.07) is 0. The van der Waals surface area contributed by atoms with Gasteiger partial charge in [0.15, 0.2) is 0 Å². The van der Waals surface area contributed by atoms with Crippen LogP contribution in [-0.2, 0) is 0 Å². The monoisotopic (exact) mass is 153 g/mol. The van der Waals surface area contributed by atoms with E-state index in [2.05, 4.69) is 18.8 Å². The molecule has 0 aromatic rings. The first-order valence-corrected chi connectivity index (χ1v) is 4.85. The van der Waals surface area contributed by atoms with Crippen molar-refractivity contribution in [2.24, 2.45) is 10.9 Å². The molecule has 0 aliphatic carbocycles. The number of hydrogen-bond acceptors (Lipinski definition) is 1. The van der Waals surface area contributed by atoms with Gasteiger partial charge in [0.1, 0.15) is 0 Å². The Hall–Kier alpha value is -0.330. The highest BCUT2D eigenvalue weighted by Crippen LogP contribution is 2.20. The zero-order chi connectivity index (χ0) is 8.10. The van der Waals surface area contributed by atoms with E-state index < -0.39 is 0 Å². The number of aliphatic imine (C=N–C) groups is 1. The maximum Gasteiger partial charge on any atom is 0.0388 e. The minimum atomic E-state index is 0.823. The van der Waals surface area contributed by atoms with Gasteiger partial charge >= 0.3 is 0 Å². The molecule has 0 aromatic heterocycles. The average molecular weight is 153 g/mol. The van der Waals surface area contributed by atoms with E-state index in [9.17, 15) is 0 Å². The van der Waals surface area contributed by atoms with E-state index >= 15 is 0 Å². The molecule has 1 heteroatoms. The Morgan fingerprint density at radius 3 is 3.00 bits per heavy atom. The smallest absolute Gasteiger partial charge is 0.0388 e.